The largest absolute Gasteiger partial charge is 0.0888 e. The van der Waals surface area contributed by atoms with E-state index in [9.17, 15) is 0 Å². The first-order valence-electron chi connectivity index (χ1n) is 4.34. The molecule has 0 aromatic heterocycles. The van der Waals surface area contributed by atoms with Crippen LogP contribution in [-0.2, 0) is 0 Å². The highest BCUT2D eigenvalue weighted by atomic mass is 13.8. The first-order chi connectivity index (χ1) is 5.41. The molecule has 0 aliphatic heterocycles. The molecule has 0 bridgehead atoms. The van der Waals surface area contributed by atoms with E-state index in [0.29, 0.717) is 0 Å². The standard InChI is InChI=1S/C11H18/c1-3-5-7-9-11-10-8-6-4-2/h3,5-9H,4,10-11H2,1-2H3/b5-3-,8-6+,9-7+. The van der Waals surface area contributed by atoms with Crippen LogP contribution in [0.1, 0.15) is 33.1 Å². The summed E-state index contributed by atoms with van der Waals surface area (Å²) in [6.07, 6.45) is 16.3. The van der Waals surface area contributed by atoms with Gasteiger partial charge < -0.3 is 0 Å². The number of unbranched alkanes of at least 4 members (excludes halogenated alkanes) is 1. The van der Waals surface area contributed by atoms with Crippen molar-refractivity contribution in [1.82, 2.24) is 0 Å². The summed E-state index contributed by atoms with van der Waals surface area (Å²) in [5.74, 6) is 0. The van der Waals surface area contributed by atoms with E-state index >= 15 is 0 Å². The SMILES string of the molecule is C/C=C\C=C\CC/C=C/CC. The quantitative estimate of drug-likeness (QED) is 0.317. The molecule has 0 amide bonds. The van der Waals surface area contributed by atoms with Crippen LogP contribution in [0.5, 0.6) is 0 Å². The molecule has 11 heavy (non-hydrogen) atoms. The van der Waals surface area contributed by atoms with E-state index in [-0.39, 0.29) is 0 Å². The van der Waals surface area contributed by atoms with Crippen LogP contribution in [0.3, 0.4) is 0 Å². The molecule has 0 aromatic carbocycles. The zero-order valence-electron chi connectivity index (χ0n) is 7.59. The molecule has 0 radical (unpaired) electrons. The zero-order valence-corrected chi connectivity index (χ0v) is 7.59. The summed E-state index contributed by atoms with van der Waals surface area (Å²) >= 11 is 0. The minimum absolute atomic E-state index is 1.15. The van der Waals surface area contributed by atoms with Gasteiger partial charge in [0, 0.05) is 0 Å². The van der Waals surface area contributed by atoms with Crippen LogP contribution >= 0.6 is 0 Å². The van der Waals surface area contributed by atoms with Crippen molar-refractivity contribution in [3.05, 3.63) is 36.5 Å². The van der Waals surface area contributed by atoms with E-state index in [1.807, 2.05) is 13.0 Å². The highest BCUT2D eigenvalue weighted by Crippen LogP contribution is 1.94. The minimum Gasteiger partial charge on any atom is -0.0888 e. The normalized spacial score (nSPS) is 12.5. The van der Waals surface area contributed by atoms with Crippen LogP contribution in [0, 0.1) is 0 Å². The molecule has 0 heteroatoms. The molecule has 0 spiro atoms. The van der Waals surface area contributed by atoms with Crippen molar-refractivity contribution in [3.8, 4) is 0 Å². The molecule has 0 saturated carbocycles. The van der Waals surface area contributed by atoms with Gasteiger partial charge in [-0.2, -0.15) is 0 Å². The molecule has 0 atom stereocenters. The van der Waals surface area contributed by atoms with Crippen LogP contribution in [0.25, 0.3) is 0 Å². The highest BCUT2D eigenvalue weighted by molar-refractivity contribution is 5.01. The van der Waals surface area contributed by atoms with Crippen LogP contribution < -0.4 is 0 Å². The second kappa shape index (κ2) is 9.22. The molecule has 0 rings (SSSR count). The Hall–Kier alpha value is -0.780. The molecular weight excluding hydrogens is 132 g/mol. The summed E-state index contributed by atoms with van der Waals surface area (Å²) in [6, 6.07) is 0. The van der Waals surface area contributed by atoms with Gasteiger partial charge in [-0.1, -0.05) is 43.4 Å². The minimum atomic E-state index is 1.15. The topological polar surface area (TPSA) is 0 Å². The Balaban J connectivity index is 3.20. The molecule has 0 aliphatic rings. The second-order valence-electron chi connectivity index (χ2n) is 2.41. The zero-order chi connectivity index (χ0) is 8.36. The van der Waals surface area contributed by atoms with Crippen molar-refractivity contribution in [2.24, 2.45) is 0 Å². The summed E-state index contributed by atoms with van der Waals surface area (Å²) in [6.45, 7) is 4.19. The van der Waals surface area contributed by atoms with E-state index in [1.165, 1.54) is 6.42 Å². The van der Waals surface area contributed by atoms with Gasteiger partial charge in [0.2, 0.25) is 0 Å². The van der Waals surface area contributed by atoms with Crippen molar-refractivity contribution in [3.63, 3.8) is 0 Å². The predicted molar refractivity (Wildman–Crippen MR) is 52.6 cm³/mol. The van der Waals surface area contributed by atoms with Gasteiger partial charge in [0.15, 0.2) is 0 Å². The highest BCUT2D eigenvalue weighted by Gasteiger charge is 1.73. The van der Waals surface area contributed by atoms with Crippen LogP contribution in [-0.4, -0.2) is 0 Å². The molecule has 62 valence electrons. The van der Waals surface area contributed by atoms with Gasteiger partial charge in [-0.15, -0.1) is 0 Å². The Morgan fingerprint density at radius 1 is 0.909 bits per heavy atom. The number of allylic oxidation sites excluding steroid dienone is 6. The molecule has 0 nitrogen and oxygen atoms in total. The maximum absolute atomic E-state index is 2.24. The van der Waals surface area contributed by atoms with Crippen molar-refractivity contribution < 1.29 is 0 Å². The van der Waals surface area contributed by atoms with E-state index in [1.54, 1.807) is 0 Å². The van der Waals surface area contributed by atoms with E-state index in [2.05, 4.69) is 37.3 Å². The third-order valence-corrected chi connectivity index (χ3v) is 1.34. The molecule has 0 saturated heterocycles. The maximum Gasteiger partial charge on any atom is -0.0313 e. The van der Waals surface area contributed by atoms with Gasteiger partial charge in [-0.05, 0) is 26.2 Å². The van der Waals surface area contributed by atoms with Crippen LogP contribution in [0.15, 0.2) is 36.5 Å². The molecule has 0 N–H and O–H groups in total. The summed E-state index contributed by atoms with van der Waals surface area (Å²) < 4.78 is 0. The fourth-order valence-electron chi connectivity index (χ4n) is 0.763. The van der Waals surface area contributed by atoms with Gasteiger partial charge in [-0.25, -0.2) is 0 Å². The van der Waals surface area contributed by atoms with Crippen molar-refractivity contribution in [2.45, 2.75) is 33.1 Å². The smallest absolute Gasteiger partial charge is 0.0313 e. The number of rotatable bonds is 5. The van der Waals surface area contributed by atoms with E-state index in [0.717, 1.165) is 12.8 Å². The van der Waals surface area contributed by atoms with Gasteiger partial charge in [-0.3, -0.25) is 0 Å². The van der Waals surface area contributed by atoms with Crippen LogP contribution in [0.4, 0.5) is 0 Å². The predicted octanol–water partition coefficient (Wildman–Crippen LogP) is 3.87. The Kier molecular flexibility index (Phi) is 8.57. The number of hydrogen-bond donors (Lipinski definition) is 0. The average Bonchev–Trinajstić information content (AvgIpc) is 2.03. The molecule has 0 fully saturated rings. The first kappa shape index (κ1) is 10.2. The van der Waals surface area contributed by atoms with Crippen molar-refractivity contribution >= 4 is 0 Å². The van der Waals surface area contributed by atoms with Gasteiger partial charge in [0.25, 0.3) is 0 Å². The lowest BCUT2D eigenvalue weighted by atomic mass is 10.2. The lowest BCUT2D eigenvalue weighted by molar-refractivity contribution is 1.04. The Labute approximate surface area is 70.3 Å². The molecule has 0 heterocycles. The molecular formula is C11H18. The molecule has 0 unspecified atom stereocenters. The molecule has 0 aromatic rings. The Morgan fingerprint density at radius 2 is 1.64 bits per heavy atom. The maximum atomic E-state index is 2.24. The summed E-state index contributed by atoms with van der Waals surface area (Å²) in [4.78, 5) is 0. The summed E-state index contributed by atoms with van der Waals surface area (Å²) in [7, 11) is 0. The van der Waals surface area contributed by atoms with Crippen molar-refractivity contribution in [2.75, 3.05) is 0 Å². The third-order valence-electron chi connectivity index (χ3n) is 1.34. The fraction of sp³-hybridized carbons (Fsp3) is 0.455. The van der Waals surface area contributed by atoms with Gasteiger partial charge in [0.1, 0.15) is 0 Å². The Bertz CT molecular complexity index is 138. The fourth-order valence-corrected chi connectivity index (χ4v) is 0.763. The Morgan fingerprint density at radius 3 is 2.27 bits per heavy atom. The average molecular weight is 150 g/mol. The van der Waals surface area contributed by atoms with Crippen LogP contribution in [0.2, 0.25) is 0 Å². The van der Waals surface area contributed by atoms with Gasteiger partial charge >= 0.3 is 0 Å². The molecule has 0 aliphatic carbocycles. The van der Waals surface area contributed by atoms with E-state index < -0.39 is 0 Å². The monoisotopic (exact) mass is 150 g/mol. The summed E-state index contributed by atoms with van der Waals surface area (Å²) in [5.41, 5.74) is 0. The lowest BCUT2D eigenvalue weighted by Crippen LogP contribution is -1.63. The number of hydrogen-bond acceptors (Lipinski definition) is 0. The van der Waals surface area contributed by atoms with Gasteiger partial charge in [0.05, 0.1) is 0 Å². The van der Waals surface area contributed by atoms with Crippen molar-refractivity contribution in [1.29, 1.82) is 0 Å². The summed E-state index contributed by atoms with van der Waals surface area (Å²) in [5, 5.41) is 0. The van der Waals surface area contributed by atoms with E-state index in [4.69, 9.17) is 0 Å². The second-order valence-corrected chi connectivity index (χ2v) is 2.41. The first-order valence-corrected chi connectivity index (χ1v) is 4.34. The lowest BCUT2D eigenvalue weighted by Gasteiger charge is -1.84. The third kappa shape index (κ3) is 9.22.